The van der Waals surface area contributed by atoms with E-state index in [1.807, 2.05) is 34.9 Å². The Kier molecular flexibility index (Phi) is 6.91. The molecule has 5 rings (SSSR count). The molecule has 1 aliphatic heterocycles. The number of nitrogens with zero attached hydrogens (tertiary/aromatic N) is 3. The Balaban J connectivity index is 1.37. The minimum Gasteiger partial charge on any atom is -0.333 e. The van der Waals surface area contributed by atoms with Crippen LogP contribution in [0.2, 0.25) is 10.2 Å². The number of pyridine rings is 1. The fraction of sp³-hybridized carbons (Fsp3) is 0.214. The molecule has 35 heavy (non-hydrogen) atoms. The van der Waals surface area contributed by atoms with E-state index >= 15 is 0 Å². The van der Waals surface area contributed by atoms with Gasteiger partial charge in [0.1, 0.15) is 5.15 Å². The first kappa shape index (κ1) is 23.6. The molecule has 0 spiro atoms. The van der Waals surface area contributed by atoms with Crippen LogP contribution in [-0.2, 0) is 19.5 Å². The van der Waals surface area contributed by atoms with Crippen LogP contribution in [0.1, 0.15) is 27.9 Å². The van der Waals surface area contributed by atoms with E-state index in [9.17, 15) is 4.79 Å². The van der Waals surface area contributed by atoms with Gasteiger partial charge in [-0.15, -0.1) is 0 Å². The fourth-order valence-electron chi connectivity index (χ4n) is 4.63. The van der Waals surface area contributed by atoms with Gasteiger partial charge in [-0.3, -0.25) is 9.47 Å². The van der Waals surface area contributed by atoms with Crippen molar-refractivity contribution in [3.63, 3.8) is 0 Å². The quantitative estimate of drug-likeness (QED) is 0.316. The lowest BCUT2D eigenvalue weighted by Gasteiger charge is -2.27. The zero-order chi connectivity index (χ0) is 24.4. The number of hydrogen-bond acceptors (Lipinski definition) is 3. The van der Waals surface area contributed by atoms with Gasteiger partial charge in [0.05, 0.1) is 5.52 Å². The number of aryl methyl sites for hydroxylation is 1. The molecular weight excluding hydrogens is 479 g/mol. The van der Waals surface area contributed by atoms with Crippen LogP contribution < -0.4 is 5.32 Å². The van der Waals surface area contributed by atoms with E-state index in [0.717, 1.165) is 64.4 Å². The van der Waals surface area contributed by atoms with Gasteiger partial charge >= 0.3 is 6.03 Å². The summed E-state index contributed by atoms with van der Waals surface area (Å²) in [6.07, 6.45) is 6.77. The third-order valence-electron chi connectivity index (χ3n) is 6.37. The van der Waals surface area contributed by atoms with Gasteiger partial charge < -0.3 is 5.32 Å². The van der Waals surface area contributed by atoms with Crippen molar-refractivity contribution in [1.82, 2.24) is 19.8 Å². The van der Waals surface area contributed by atoms with Crippen molar-refractivity contribution in [3.8, 4) is 0 Å². The molecule has 0 saturated heterocycles. The van der Waals surface area contributed by atoms with E-state index in [-0.39, 0.29) is 6.03 Å². The molecule has 4 aromatic rings. The summed E-state index contributed by atoms with van der Waals surface area (Å²) >= 11 is 12.0. The van der Waals surface area contributed by atoms with Crippen LogP contribution in [0.5, 0.6) is 0 Å². The van der Waals surface area contributed by atoms with Crippen molar-refractivity contribution >= 4 is 46.2 Å². The molecule has 7 heteroatoms. The lowest BCUT2D eigenvalue weighted by Crippen LogP contribution is -2.34. The minimum absolute atomic E-state index is 0.120. The molecule has 0 unspecified atom stereocenters. The average Bonchev–Trinajstić information content (AvgIpc) is 3.16. The van der Waals surface area contributed by atoms with Crippen molar-refractivity contribution < 1.29 is 4.79 Å². The molecule has 178 valence electrons. The van der Waals surface area contributed by atoms with Crippen molar-refractivity contribution in [3.05, 3.63) is 105 Å². The number of carbonyl (C=O) groups excluding carboxylic acids is 1. The summed E-state index contributed by atoms with van der Waals surface area (Å²) < 4.78 is 1.86. The van der Waals surface area contributed by atoms with Gasteiger partial charge in [-0.2, -0.15) is 0 Å². The molecule has 1 aliphatic rings. The minimum atomic E-state index is -0.120. The highest BCUT2D eigenvalue weighted by Crippen LogP contribution is 2.31. The van der Waals surface area contributed by atoms with Crippen molar-refractivity contribution in [2.75, 3.05) is 13.1 Å². The molecule has 1 amide bonds. The molecule has 0 saturated carbocycles. The summed E-state index contributed by atoms with van der Waals surface area (Å²) in [5, 5.41) is 5.36. The average molecular weight is 505 g/mol. The number of fused-ring (bicyclic) bond motifs is 3. The zero-order valence-corrected chi connectivity index (χ0v) is 21.0. The summed E-state index contributed by atoms with van der Waals surface area (Å²) in [5.74, 6) is 0. The predicted molar refractivity (Wildman–Crippen MR) is 143 cm³/mol. The van der Waals surface area contributed by atoms with Crippen molar-refractivity contribution in [2.45, 2.75) is 26.4 Å². The van der Waals surface area contributed by atoms with E-state index in [2.05, 4.69) is 52.5 Å². The van der Waals surface area contributed by atoms with Gasteiger partial charge in [0.15, 0.2) is 0 Å². The SMILES string of the molecule is Cc1ccc2c3c(n(C(=O)NCc4ccnc(Cl)c4)c2c1)CCN(CC=Cc1ccc(Cl)cc1)C3. The van der Waals surface area contributed by atoms with E-state index in [1.165, 1.54) is 5.56 Å². The van der Waals surface area contributed by atoms with Gasteiger partial charge in [0, 0.05) is 54.9 Å². The Morgan fingerprint density at radius 3 is 2.74 bits per heavy atom. The summed E-state index contributed by atoms with van der Waals surface area (Å²) in [5.41, 5.74) is 6.45. The summed E-state index contributed by atoms with van der Waals surface area (Å²) in [4.78, 5) is 19.8. The lowest BCUT2D eigenvalue weighted by atomic mass is 10.0. The normalized spacial score (nSPS) is 13.9. The maximum absolute atomic E-state index is 13.4. The Morgan fingerprint density at radius 2 is 1.94 bits per heavy atom. The van der Waals surface area contributed by atoms with Crippen LogP contribution in [0, 0.1) is 6.92 Å². The van der Waals surface area contributed by atoms with Gasteiger partial charge in [0.2, 0.25) is 0 Å². The molecule has 1 N–H and O–H groups in total. The van der Waals surface area contributed by atoms with Crippen LogP contribution in [0.3, 0.4) is 0 Å². The maximum atomic E-state index is 13.4. The van der Waals surface area contributed by atoms with Crippen molar-refractivity contribution in [2.24, 2.45) is 0 Å². The topological polar surface area (TPSA) is 50.2 Å². The number of rotatable bonds is 5. The number of hydrogen-bond donors (Lipinski definition) is 1. The van der Waals surface area contributed by atoms with Crippen LogP contribution in [0.25, 0.3) is 17.0 Å². The van der Waals surface area contributed by atoms with E-state index in [1.54, 1.807) is 12.3 Å². The largest absolute Gasteiger partial charge is 0.333 e. The lowest BCUT2D eigenvalue weighted by molar-refractivity contribution is 0.240. The van der Waals surface area contributed by atoms with Crippen LogP contribution >= 0.6 is 23.2 Å². The third-order valence-corrected chi connectivity index (χ3v) is 6.82. The number of benzene rings is 2. The molecule has 0 aliphatic carbocycles. The summed E-state index contributed by atoms with van der Waals surface area (Å²) in [7, 11) is 0. The molecule has 0 fully saturated rings. The van der Waals surface area contributed by atoms with Gasteiger partial charge in [-0.1, -0.05) is 59.6 Å². The molecule has 0 radical (unpaired) electrons. The number of carbonyl (C=O) groups is 1. The molecule has 2 aromatic heterocycles. The number of halogens is 2. The van der Waals surface area contributed by atoms with E-state index in [4.69, 9.17) is 23.2 Å². The first-order valence-electron chi connectivity index (χ1n) is 11.6. The predicted octanol–water partition coefficient (Wildman–Crippen LogP) is 6.48. The first-order valence-corrected chi connectivity index (χ1v) is 12.4. The molecule has 5 nitrogen and oxygen atoms in total. The Labute approximate surface area is 215 Å². The van der Waals surface area contributed by atoms with E-state index in [0.29, 0.717) is 11.7 Å². The van der Waals surface area contributed by atoms with Crippen LogP contribution in [-0.4, -0.2) is 33.6 Å². The monoisotopic (exact) mass is 504 g/mol. The molecule has 3 heterocycles. The van der Waals surface area contributed by atoms with E-state index < -0.39 is 0 Å². The molecule has 0 bridgehead atoms. The zero-order valence-electron chi connectivity index (χ0n) is 19.5. The highest BCUT2D eigenvalue weighted by atomic mass is 35.5. The van der Waals surface area contributed by atoms with Gasteiger partial charge in [-0.05, 0) is 59.5 Å². The Bertz CT molecular complexity index is 1410. The van der Waals surface area contributed by atoms with Crippen LogP contribution in [0.15, 0.2) is 66.9 Å². The third kappa shape index (κ3) is 5.27. The highest BCUT2D eigenvalue weighted by Gasteiger charge is 2.26. The standard InChI is InChI=1S/C28H26Cl2N4O/c1-19-4-9-23-24-18-33(13-2-3-20-5-7-22(29)8-6-20)14-11-25(24)34(26(23)15-19)28(35)32-17-21-10-12-31-27(30)16-21/h2-10,12,15-16H,11,13-14,17-18H2,1H3,(H,32,35). The fourth-order valence-corrected chi connectivity index (χ4v) is 4.95. The smallest absolute Gasteiger partial charge is 0.326 e. The highest BCUT2D eigenvalue weighted by molar-refractivity contribution is 6.30. The summed E-state index contributed by atoms with van der Waals surface area (Å²) in [6, 6.07) is 17.7. The van der Waals surface area contributed by atoms with Crippen LogP contribution in [0.4, 0.5) is 4.79 Å². The maximum Gasteiger partial charge on any atom is 0.326 e. The Hall–Kier alpha value is -3.12. The first-order chi connectivity index (χ1) is 17.0. The number of aromatic nitrogens is 2. The second kappa shape index (κ2) is 10.2. The van der Waals surface area contributed by atoms with Crippen molar-refractivity contribution in [1.29, 1.82) is 0 Å². The molecular formula is C28H26Cl2N4O. The van der Waals surface area contributed by atoms with Gasteiger partial charge in [0.25, 0.3) is 0 Å². The Morgan fingerprint density at radius 1 is 1.11 bits per heavy atom. The second-order valence-corrected chi connectivity index (χ2v) is 9.69. The molecule has 2 aromatic carbocycles. The van der Waals surface area contributed by atoms with Gasteiger partial charge in [-0.25, -0.2) is 9.78 Å². The second-order valence-electron chi connectivity index (χ2n) is 8.87. The summed E-state index contributed by atoms with van der Waals surface area (Å²) in [6.45, 7) is 4.99. The number of nitrogens with one attached hydrogen (secondary N) is 1. The number of amides is 1. The molecule has 0 atom stereocenters.